The van der Waals surface area contributed by atoms with Crippen molar-refractivity contribution in [1.29, 1.82) is 0 Å². The average molecular weight is 369 g/mol. The Hall–Kier alpha value is -3.22. The minimum absolute atomic E-state index is 0.101. The van der Waals surface area contributed by atoms with E-state index in [4.69, 9.17) is 4.74 Å². The molecular weight excluding hydrogens is 349 g/mol. The number of ether oxygens (including phenoxy) is 1. The van der Waals surface area contributed by atoms with Crippen molar-refractivity contribution >= 4 is 16.8 Å². The van der Waals surface area contributed by atoms with E-state index in [2.05, 4.69) is 5.10 Å². The maximum atomic E-state index is 13.8. The largest absolute Gasteiger partial charge is 0.494 e. The summed E-state index contributed by atoms with van der Waals surface area (Å²) < 4.78 is 20.3. The van der Waals surface area contributed by atoms with Crippen molar-refractivity contribution in [2.24, 2.45) is 0 Å². The summed E-state index contributed by atoms with van der Waals surface area (Å²) in [5, 5.41) is 4.69. The summed E-state index contributed by atoms with van der Waals surface area (Å²) in [5.74, 6) is -0.389. The molecule has 0 saturated carbocycles. The number of rotatable bonds is 6. The molecule has 0 N–H and O–H groups in total. The number of carbonyl (C=O) groups is 1. The molecule has 0 aliphatic rings. The van der Waals surface area contributed by atoms with Gasteiger partial charge in [-0.15, -0.1) is 0 Å². The molecule has 0 fully saturated rings. The van der Waals surface area contributed by atoms with Gasteiger partial charge in [0.05, 0.1) is 25.4 Å². The van der Waals surface area contributed by atoms with Gasteiger partial charge in [0.25, 0.3) is 0 Å². The minimum atomic E-state index is -0.459. The highest BCUT2D eigenvalue weighted by atomic mass is 19.1. The molecule has 0 saturated heterocycles. The third kappa shape index (κ3) is 4.13. The second kappa shape index (κ2) is 7.99. The summed E-state index contributed by atoms with van der Waals surface area (Å²) in [6.45, 7) is 0.638. The van der Waals surface area contributed by atoms with Crippen LogP contribution in [-0.2, 0) is 17.9 Å². The first-order valence-corrected chi connectivity index (χ1v) is 8.51. The zero-order chi connectivity index (χ0) is 19.4. The molecule has 7 heteroatoms. The van der Waals surface area contributed by atoms with Crippen LogP contribution in [0.1, 0.15) is 12.0 Å². The second-order valence-electron chi connectivity index (χ2n) is 6.22. The Bertz CT molecular complexity index is 1030. The van der Waals surface area contributed by atoms with Crippen LogP contribution in [0.5, 0.6) is 5.75 Å². The Morgan fingerprint density at radius 3 is 2.78 bits per heavy atom. The summed E-state index contributed by atoms with van der Waals surface area (Å²) in [5.41, 5.74) is 1.22. The Morgan fingerprint density at radius 2 is 2.04 bits per heavy atom. The molecule has 2 aromatic carbocycles. The van der Waals surface area contributed by atoms with E-state index in [0.717, 1.165) is 0 Å². The number of amides is 1. The Balaban J connectivity index is 1.66. The molecule has 6 nitrogen and oxygen atoms in total. The number of aromatic nitrogens is 2. The molecule has 0 aliphatic heterocycles. The van der Waals surface area contributed by atoms with Crippen LogP contribution >= 0.6 is 0 Å². The van der Waals surface area contributed by atoms with Gasteiger partial charge in [0.15, 0.2) is 11.6 Å². The van der Waals surface area contributed by atoms with Gasteiger partial charge in [-0.1, -0.05) is 18.2 Å². The van der Waals surface area contributed by atoms with Crippen LogP contribution < -0.4 is 10.2 Å². The van der Waals surface area contributed by atoms with E-state index < -0.39 is 5.82 Å². The predicted octanol–water partition coefficient (Wildman–Crippen LogP) is 2.59. The highest BCUT2D eigenvalue weighted by molar-refractivity contribution is 5.79. The average Bonchev–Trinajstić information content (AvgIpc) is 2.67. The highest BCUT2D eigenvalue weighted by Crippen LogP contribution is 2.18. The number of aryl methyl sites for hydroxylation is 1. The summed E-state index contributed by atoms with van der Waals surface area (Å²) in [6, 6.07) is 11.8. The molecular formula is C20H20FN3O3. The standard InChI is InChI=1S/C20H20FN3O3/c1-23(13-14-7-8-19(27-2)16(21)11-14)20(26)9-10-24-17-6-4-3-5-15(17)18(25)12-22-24/h3-8,11-12H,9-10,13H2,1-2H3. The van der Waals surface area contributed by atoms with Crippen molar-refractivity contribution in [1.82, 2.24) is 14.7 Å². The fourth-order valence-electron chi connectivity index (χ4n) is 2.90. The van der Waals surface area contributed by atoms with Gasteiger partial charge in [-0.05, 0) is 29.8 Å². The van der Waals surface area contributed by atoms with Crippen molar-refractivity contribution in [3.05, 3.63) is 70.3 Å². The topological polar surface area (TPSA) is 64.4 Å². The minimum Gasteiger partial charge on any atom is -0.494 e. The predicted molar refractivity (Wildman–Crippen MR) is 100 cm³/mol. The van der Waals surface area contributed by atoms with Crippen molar-refractivity contribution in [3.63, 3.8) is 0 Å². The third-order valence-electron chi connectivity index (χ3n) is 4.36. The van der Waals surface area contributed by atoms with Gasteiger partial charge in [-0.25, -0.2) is 4.39 Å². The molecule has 27 heavy (non-hydrogen) atoms. The molecule has 0 bridgehead atoms. The van der Waals surface area contributed by atoms with Crippen LogP contribution in [0.3, 0.4) is 0 Å². The lowest BCUT2D eigenvalue weighted by Crippen LogP contribution is -2.27. The monoisotopic (exact) mass is 369 g/mol. The normalized spacial score (nSPS) is 10.8. The first-order chi connectivity index (χ1) is 13.0. The summed E-state index contributed by atoms with van der Waals surface area (Å²) in [7, 11) is 3.07. The van der Waals surface area contributed by atoms with Crippen molar-refractivity contribution in [2.75, 3.05) is 14.2 Å². The zero-order valence-electron chi connectivity index (χ0n) is 15.2. The highest BCUT2D eigenvalue weighted by Gasteiger charge is 2.12. The second-order valence-corrected chi connectivity index (χ2v) is 6.22. The summed E-state index contributed by atoms with van der Waals surface area (Å²) >= 11 is 0. The molecule has 0 aliphatic carbocycles. The first-order valence-electron chi connectivity index (χ1n) is 8.51. The number of nitrogens with zero attached hydrogens (tertiary/aromatic N) is 3. The Morgan fingerprint density at radius 1 is 1.26 bits per heavy atom. The first kappa shape index (κ1) is 18.6. The molecule has 0 spiro atoms. The summed E-state index contributed by atoms with van der Waals surface area (Å²) in [4.78, 5) is 25.8. The van der Waals surface area contributed by atoms with Gasteiger partial charge < -0.3 is 9.64 Å². The zero-order valence-corrected chi connectivity index (χ0v) is 15.2. The van der Waals surface area contributed by atoms with Crippen LogP contribution in [0.4, 0.5) is 4.39 Å². The molecule has 1 aromatic heterocycles. The van der Waals surface area contributed by atoms with E-state index in [-0.39, 0.29) is 30.1 Å². The molecule has 3 aromatic rings. The SMILES string of the molecule is COc1ccc(CN(C)C(=O)CCn2ncc(=O)c3ccccc32)cc1F. The Kier molecular flexibility index (Phi) is 5.49. The smallest absolute Gasteiger partial charge is 0.224 e. The number of hydrogen-bond acceptors (Lipinski definition) is 4. The lowest BCUT2D eigenvalue weighted by molar-refractivity contribution is -0.130. The van der Waals surface area contributed by atoms with Crippen LogP contribution in [0.25, 0.3) is 10.9 Å². The van der Waals surface area contributed by atoms with Gasteiger partial charge in [-0.2, -0.15) is 5.10 Å². The van der Waals surface area contributed by atoms with Gasteiger partial charge in [0.1, 0.15) is 0 Å². The quantitative estimate of drug-likeness (QED) is 0.670. The van der Waals surface area contributed by atoms with Crippen LogP contribution in [0.2, 0.25) is 0 Å². The van der Waals surface area contributed by atoms with E-state index in [1.807, 2.05) is 6.07 Å². The number of halogens is 1. The summed E-state index contributed by atoms with van der Waals surface area (Å²) in [6.07, 6.45) is 1.48. The molecule has 0 radical (unpaired) electrons. The van der Waals surface area contributed by atoms with Gasteiger partial charge in [0.2, 0.25) is 11.3 Å². The molecule has 140 valence electrons. The van der Waals surface area contributed by atoms with Crippen LogP contribution in [0, 0.1) is 5.82 Å². The molecule has 1 amide bonds. The maximum Gasteiger partial charge on any atom is 0.224 e. The molecule has 3 rings (SSSR count). The van der Waals surface area contributed by atoms with E-state index in [0.29, 0.717) is 23.0 Å². The van der Waals surface area contributed by atoms with Crippen molar-refractivity contribution in [2.45, 2.75) is 19.5 Å². The fourth-order valence-corrected chi connectivity index (χ4v) is 2.90. The van der Waals surface area contributed by atoms with E-state index >= 15 is 0 Å². The van der Waals surface area contributed by atoms with Crippen molar-refractivity contribution in [3.8, 4) is 5.75 Å². The number of methoxy groups -OCH3 is 1. The maximum absolute atomic E-state index is 13.8. The van der Waals surface area contributed by atoms with Crippen molar-refractivity contribution < 1.29 is 13.9 Å². The fraction of sp³-hybridized carbons (Fsp3) is 0.250. The van der Waals surface area contributed by atoms with E-state index in [1.54, 1.807) is 42.1 Å². The number of fused-ring (bicyclic) bond motifs is 1. The van der Waals surface area contributed by atoms with Gasteiger partial charge >= 0.3 is 0 Å². The van der Waals surface area contributed by atoms with Crippen LogP contribution in [0.15, 0.2) is 53.5 Å². The lowest BCUT2D eigenvalue weighted by atomic mass is 10.2. The molecule has 1 heterocycles. The van der Waals surface area contributed by atoms with Gasteiger partial charge in [0, 0.05) is 25.4 Å². The number of carbonyl (C=O) groups excluding carboxylic acids is 1. The van der Waals surface area contributed by atoms with Gasteiger partial charge in [-0.3, -0.25) is 14.3 Å². The number of para-hydroxylation sites is 1. The van der Waals surface area contributed by atoms with E-state index in [1.165, 1.54) is 24.3 Å². The van der Waals surface area contributed by atoms with Crippen LogP contribution in [-0.4, -0.2) is 34.7 Å². The molecule has 0 atom stereocenters. The van der Waals surface area contributed by atoms with E-state index in [9.17, 15) is 14.0 Å². The third-order valence-corrected chi connectivity index (χ3v) is 4.36. The number of hydrogen-bond donors (Lipinski definition) is 0. The molecule has 0 unspecified atom stereocenters. The number of benzene rings is 2. The Labute approximate surface area is 155 Å². The lowest BCUT2D eigenvalue weighted by Gasteiger charge is -2.18.